The Labute approximate surface area is 190 Å². The minimum absolute atomic E-state index is 0.000909. The number of rotatable bonds is 7. The number of methoxy groups -OCH3 is 2. The van der Waals surface area contributed by atoms with Gasteiger partial charge in [-0.1, -0.05) is 61.4 Å². The largest absolute Gasteiger partial charge is 0.495 e. The van der Waals surface area contributed by atoms with Crippen molar-refractivity contribution in [3.05, 3.63) is 78.1 Å². The Kier molecular flexibility index (Phi) is 7.17. The highest BCUT2D eigenvalue weighted by Crippen LogP contribution is 2.42. The molecule has 1 aliphatic heterocycles. The van der Waals surface area contributed by atoms with E-state index in [9.17, 15) is 4.79 Å². The third-order valence-corrected chi connectivity index (χ3v) is 6.30. The summed E-state index contributed by atoms with van der Waals surface area (Å²) < 4.78 is 11.3. The third kappa shape index (κ3) is 4.68. The molecule has 0 bridgehead atoms. The monoisotopic (exact) mass is 430 g/mol. The van der Waals surface area contributed by atoms with Gasteiger partial charge in [0.1, 0.15) is 17.8 Å². The van der Waals surface area contributed by atoms with Gasteiger partial charge in [-0.3, -0.25) is 9.88 Å². The molecule has 0 aliphatic carbocycles. The van der Waals surface area contributed by atoms with E-state index in [1.807, 2.05) is 6.07 Å². The Hall–Kier alpha value is -3.18. The van der Waals surface area contributed by atoms with Crippen LogP contribution in [0.15, 0.2) is 67.0 Å². The summed E-state index contributed by atoms with van der Waals surface area (Å²) in [4.78, 5) is 18.7. The van der Waals surface area contributed by atoms with Crippen LogP contribution in [-0.2, 0) is 11.3 Å². The van der Waals surface area contributed by atoms with Gasteiger partial charge in [0.15, 0.2) is 0 Å². The van der Waals surface area contributed by atoms with Gasteiger partial charge in [0.2, 0.25) is 0 Å². The quantitative estimate of drug-likeness (QED) is 0.467. The first kappa shape index (κ1) is 22.0. The molecule has 1 aromatic heterocycles. The molecule has 32 heavy (non-hydrogen) atoms. The number of carbonyl (C=O) groups is 1. The van der Waals surface area contributed by atoms with E-state index in [2.05, 4.69) is 58.4 Å². The first-order chi connectivity index (χ1) is 15.7. The van der Waals surface area contributed by atoms with Crippen LogP contribution in [0.1, 0.15) is 42.9 Å². The van der Waals surface area contributed by atoms with Gasteiger partial charge in [0, 0.05) is 12.6 Å². The number of nitrogens with zero attached hydrogens (tertiary/aromatic N) is 2. The standard InChI is InChI=1S/C27H30N2O3/c1-31-25-16-28-17-26(32-2)27(25)24-14-7-6-13-23(19-30)29(24)18-20-9-8-12-22(15-20)21-10-4-3-5-11-21/h3-5,8-12,15-17,19,23-24H,6-7,13-14,18H2,1-2H3. The smallest absolute Gasteiger partial charge is 0.145 e. The van der Waals surface area contributed by atoms with E-state index in [-0.39, 0.29) is 12.1 Å². The van der Waals surface area contributed by atoms with Gasteiger partial charge in [-0.05, 0) is 35.6 Å². The number of hydrogen-bond acceptors (Lipinski definition) is 5. The maximum atomic E-state index is 12.2. The SMILES string of the molecule is COc1cncc(OC)c1C1CCCCC(C=O)N1Cc1cccc(-c2ccccc2)c1. The van der Waals surface area contributed by atoms with Gasteiger partial charge in [0.05, 0.1) is 38.2 Å². The molecule has 5 heteroatoms. The molecule has 0 amide bonds. The minimum atomic E-state index is -0.162. The lowest BCUT2D eigenvalue weighted by Crippen LogP contribution is -2.38. The second kappa shape index (κ2) is 10.4. The van der Waals surface area contributed by atoms with Crippen LogP contribution in [-0.4, -0.2) is 36.4 Å². The molecule has 3 aromatic rings. The lowest BCUT2D eigenvalue weighted by Gasteiger charge is -2.35. The third-order valence-electron chi connectivity index (χ3n) is 6.30. The fourth-order valence-electron chi connectivity index (χ4n) is 4.72. The summed E-state index contributed by atoms with van der Waals surface area (Å²) in [5.41, 5.74) is 4.51. The van der Waals surface area contributed by atoms with E-state index in [0.29, 0.717) is 18.0 Å². The fraction of sp³-hybridized carbons (Fsp3) is 0.333. The van der Waals surface area contributed by atoms with Gasteiger partial charge in [-0.15, -0.1) is 0 Å². The maximum absolute atomic E-state index is 12.2. The molecule has 2 atom stereocenters. The average molecular weight is 431 g/mol. The van der Waals surface area contributed by atoms with E-state index in [4.69, 9.17) is 9.47 Å². The molecule has 1 fully saturated rings. The highest BCUT2D eigenvalue weighted by atomic mass is 16.5. The molecule has 0 spiro atoms. The Morgan fingerprint density at radius 1 is 0.938 bits per heavy atom. The number of likely N-dealkylation sites (tertiary alicyclic amines) is 1. The molecule has 2 unspecified atom stereocenters. The summed E-state index contributed by atoms with van der Waals surface area (Å²) in [6, 6.07) is 18.8. The lowest BCUT2D eigenvalue weighted by molar-refractivity contribution is -0.113. The topological polar surface area (TPSA) is 51.7 Å². The fourth-order valence-corrected chi connectivity index (χ4v) is 4.72. The van der Waals surface area contributed by atoms with E-state index >= 15 is 0 Å². The Bertz CT molecular complexity index is 1020. The van der Waals surface area contributed by atoms with Gasteiger partial charge in [-0.25, -0.2) is 0 Å². The summed E-state index contributed by atoms with van der Waals surface area (Å²) in [7, 11) is 3.31. The first-order valence-electron chi connectivity index (χ1n) is 11.2. The van der Waals surface area contributed by atoms with Crippen molar-refractivity contribution in [1.29, 1.82) is 0 Å². The lowest BCUT2D eigenvalue weighted by atomic mass is 9.98. The zero-order valence-electron chi connectivity index (χ0n) is 18.7. The van der Waals surface area contributed by atoms with Crippen molar-refractivity contribution in [1.82, 2.24) is 9.88 Å². The molecule has 0 N–H and O–H groups in total. The van der Waals surface area contributed by atoms with Crippen LogP contribution < -0.4 is 9.47 Å². The molecule has 4 rings (SSSR count). The van der Waals surface area contributed by atoms with Crippen molar-refractivity contribution in [2.24, 2.45) is 0 Å². The molecular weight excluding hydrogens is 400 g/mol. The highest BCUT2D eigenvalue weighted by molar-refractivity contribution is 5.64. The predicted octanol–water partition coefficient (Wildman–Crippen LogP) is 5.45. The van der Waals surface area contributed by atoms with Gasteiger partial charge in [-0.2, -0.15) is 0 Å². The molecule has 166 valence electrons. The van der Waals surface area contributed by atoms with Crippen LogP contribution in [0.25, 0.3) is 11.1 Å². The first-order valence-corrected chi connectivity index (χ1v) is 11.2. The normalized spacial score (nSPS) is 19.2. The van der Waals surface area contributed by atoms with Crippen molar-refractivity contribution >= 4 is 6.29 Å². The number of pyridine rings is 1. The van der Waals surface area contributed by atoms with E-state index < -0.39 is 0 Å². The summed E-state index contributed by atoms with van der Waals surface area (Å²) in [6.07, 6.45) is 8.41. The number of carbonyl (C=O) groups excluding carboxylic acids is 1. The zero-order chi connectivity index (χ0) is 22.3. The molecule has 2 aromatic carbocycles. The van der Waals surface area contributed by atoms with Crippen molar-refractivity contribution in [2.75, 3.05) is 14.2 Å². The second-order valence-corrected chi connectivity index (χ2v) is 8.20. The average Bonchev–Trinajstić information content (AvgIpc) is 3.06. The maximum Gasteiger partial charge on any atom is 0.145 e. The molecule has 1 aliphatic rings. The molecule has 1 saturated heterocycles. The van der Waals surface area contributed by atoms with Crippen LogP contribution in [0.3, 0.4) is 0 Å². The summed E-state index contributed by atoms with van der Waals surface area (Å²) in [5, 5.41) is 0. The van der Waals surface area contributed by atoms with Crippen molar-refractivity contribution in [3.63, 3.8) is 0 Å². The van der Waals surface area contributed by atoms with Crippen molar-refractivity contribution in [3.8, 4) is 22.6 Å². The van der Waals surface area contributed by atoms with Crippen LogP contribution in [0.4, 0.5) is 0 Å². The molecule has 5 nitrogen and oxygen atoms in total. The van der Waals surface area contributed by atoms with E-state index in [1.165, 1.54) is 16.7 Å². The van der Waals surface area contributed by atoms with Gasteiger partial charge < -0.3 is 14.3 Å². The number of aldehydes is 1. The number of ether oxygens (including phenoxy) is 2. The zero-order valence-corrected chi connectivity index (χ0v) is 18.7. The predicted molar refractivity (Wildman–Crippen MR) is 126 cm³/mol. The molecular formula is C27H30N2O3. The van der Waals surface area contributed by atoms with Crippen LogP contribution in [0.2, 0.25) is 0 Å². The molecule has 2 heterocycles. The second-order valence-electron chi connectivity index (χ2n) is 8.20. The van der Waals surface area contributed by atoms with Crippen LogP contribution in [0, 0.1) is 0 Å². The van der Waals surface area contributed by atoms with Crippen LogP contribution in [0.5, 0.6) is 11.5 Å². The molecule has 0 radical (unpaired) electrons. The Morgan fingerprint density at radius 2 is 1.62 bits per heavy atom. The van der Waals surface area contributed by atoms with Gasteiger partial charge in [0.25, 0.3) is 0 Å². The highest BCUT2D eigenvalue weighted by Gasteiger charge is 2.33. The van der Waals surface area contributed by atoms with Crippen molar-refractivity contribution < 1.29 is 14.3 Å². The number of benzene rings is 2. The summed E-state index contributed by atoms with van der Waals surface area (Å²) in [6.45, 7) is 0.670. The van der Waals surface area contributed by atoms with Gasteiger partial charge >= 0.3 is 0 Å². The van der Waals surface area contributed by atoms with Crippen LogP contribution >= 0.6 is 0 Å². The Morgan fingerprint density at radius 3 is 2.31 bits per heavy atom. The minimum Gasteiger partial charge on any atom is -0.495 e. The number of aromatic nitrogens is 1. The summed E-state index contributed by atoms with van der Waals surface area (Å²) in [5.74, 6) is 1.40. The Balaban J connectivity index is 1.73. The van der Waals surface area contributed by atoms with Crippen molar-refractivity contribution in [2.45, 2.75) is 44.3 Å². The summed E-state index contributed by atoms with van der Waals surface area (Å²) >= 11 is 0. The molecule has 0 saturated carbocycles. The van der Waals surface area contributed by atoms with E-state index in [1.54, 1.807) is 26.6 Å². The number of hydrogen-bond donors (Lipinski definition) is 0. The van der Waals surface area contributed by atoms with E-state index in [0.717, 1.165) is 37.5 Å².